The molecule has 1 saturated carbocycles. The van der Waals surface area contributed by atoms with E-state index < -0.39 is 5.97 Å². The van der Waals surface area contributed by atoms with E-state index in [0.717, 1.165) is 12.8 Å². The lowest BCUT2D eigenvalue weighted by atomic mass is 9.79. The van der Waals surface area contributed by atoms with Gasteiger partial charge in [-0.05, 0) is 31.1 Å². The van der Waals surface area contributed by atoms with Crippen LogP contribution in [-0.2, 0) is 4.79 Å². The van der Waals surface area contributed by atoms with Crippen LogP contribution in [0.4, 0.5) is 4.79 Å². The molecule has 19 heavy (non-hydrogen) atoms. The van der Waals surface area contributed by atoms with Crippen LogP contribution in [0.15, 0.2) is 0 Å². The van der Waals surface area contributed by atoms with Crippen molar-refractivity contribution < 1.29 is 14.7 Å². The van der Waals surface area contributed by atoms with E-state index in [1.165, 1.54) is 12.8 Å². The lowest BCUT2D eigenvalue weighted by Crippen LogP contribution is -2.44. The molecule has 0 heterocycles. The second-order valence-corrected chi connectivity index (χ2v) is 5.77. The minimum Gasteiger partial charge on any atom is -0.481 e. The second-order valence-electron chi connectivity index (χ2n) is 5.77. The smallest absolute Gasteiger partial charge is 0.315 e. The number of hydrogen-bond donors (Lipinski definition) is 3. The van der Waals surface area contributed by atoms with Crippen molar-refractivity contribution in [3.8, 4) is 0 Å². The van der Waals surface area contributed by atoms with Gasteiger partial charge in [-0.3, -0.25) is 4.79 Å². The normalized spacial score (nSPS) is 23.1. The number of nitrogens with one attached hydrogen (secondary N) is 2. The highest BCUT2D eigenvalue weighted by Gasteiger charge is 2.24. The number of carboxylic acid groups (broad SMARTS) is 1. The van der Waals surface area contributed by atoms with E-state index in [4.69, 9.17) is 5.11 Å². The quantitative estimate of drug-likeness (QED) is 0.648. The molecule has 2 unspecified atom stereocenters. The van der Waals surface area contributed by atoms with Gasteiger partial charge in [-0.15, -0.1) is 0 Å². The van der Waals surface area contributed by atoms with Gasteiger partial charge >= 0.3 is 12.0 Å². The molecule has 1 rings (SSSR count). The van der Waals surface area contributed by atoms with E-state index >= 15 is 0 Å². The number of urea groups is 1. The van der Waals surface area contributed by atoms with Gasteiger partial charge in [0, 0.05) is 19.0 Å². The predicted octanol–water partition coefficient (Wildman–Crippen LogP) is 2.37. The largest absolute Gasteiger partial charge is 0.481 e. The number of carbonyl (C=O) groups excluding carboxylic acids is 1. The molecule has 2 atom stereocenters. The summed E-state index contributed by atoms with van der Waals surface area (Å²) in [7, 11) is 0. The zero-order chi connectivity index (χ0) is 14.3. The Kier molecular flexibility index (Phi) is 6.67. The van der Waals surface area contributed by atoms with E-state index in [1.54, 1.807) is 0 Å². The summed E-state index contributed by atoms with van der Waals surface area (Å²) >= 11 is 0. The van der Waals surface area contributed by atoms with Crippen LogP contribution < -0.4 is 10.6 Å². The first kappa shape index (κ1) is 15.8. The fraction of sp³-hybridized carbons (Fsp3) is 0.857. The number of carbonyl (C=O) groups is 2. The summed E-state index contributed by atoms with van der Waals surface area (Å²) in [6.45, 7) is 4.89. The minimum atomic E-state index is -0.825. The zero-order valence-electron chi connectivity index (χ0n) is 11.9. The van der Waals surface area contributed by atoms with Crippen molar-refractivity contribution in [2.45, 2.75) is 58.4 Å². The highest BCUT2D eigenvalue weighted by Crippen LogP contribution is 2.29. The van der Waals surface area contributed by atoms with E-state index in [0.29, 0.717) is 24.8 Å². The number of carboxylic acids is 1. The molecule has 1 fully saturated rings. The van der Waals surface area contributed by atoms with Crippen LogP contribution in [0, 0.1) is 11.8 Å². The highest BCUT2D eigenvalue weighted by molar-refractivity contribution is 5.74. The Balaban J connectivity index is 2.19. The molecule has 0 aromatic rings. The van der Waals surface area contributed by atoms with Crippen LogP contribution in [0.2, 0.25) is 0 Å². The van der Waals surface area contributed by atoms with E-state index in [-0.39, 0.29) is 18.5 Å². The van der Waals surface area contributed by atoms with Crippen molar-refractivity contribution in [1.82, 2.24) is 10.6 Å². The maximum absolute atomic E-state index is 11.7. The average molecular weight is 270 g/mol. The van der Waals surface area contributed by atoms with Crippen LogP contribution in [-0.4, -0.2) is 29.7 Å². The van der Waals surface area contributed by atoms with Gasteiger partial charge < -0.3 is 15.7 Å². The molecular formula is C14H26N2O3. The summed E-state index contributed by atoms with van der Waals surface area (Å²) in [4.78, 5) is 22.0. The van der Waals surface area contributed by atoms with Gasteiger partial charge in [0.1, 0.15) is 0 Å². The lowest BCUT2D eigenvalue weighted by molar-refractivity contribution is -0.137. The summed E-state index contributed by atoms with van der Waals surface area (Å²) in [5, 5.41) is 14.2. The Bertz CT molecular complexity index is 305. The Morgan fingerprint density at radius 1 is 1.32 bits per heavy atom. The van der Waals surface area contributed by atoms with Crippen molar-refractivity contribution in [2.24, 2.45) is 11.8 Å². The maximum Gasteiger partial charge on any atom is 0.315 e. The molecule has 1 aliphatic carbocycles. The van der Waals surface area contributed by atoms with Gasteiger partial charge in [-0.25, -0.2) is 4.79 Å². The molecule has 3 N–H and O–H groups in total. The molecule has 1 aliphatic rings. The minimum absolute atomic E-state index is 0.0964. The van der Waals surface area contributed by atoms with Crippen molar-refractivity contribution in [1.29, 1.82) is 0 Å². The molecule has 110 valence electrons. The Labute approximate surface area is 115 Å². The van der Waals surface area contributed by atoms with Crippen molar-refractivity contribution in [2.75, 3.05) is 6.54 Å². The first-order chi connectivity index (χ1) is 8.99. The van der Waals surface area contributed by atoms with E-state index in [2.05, 4.69) is 24.5 Å². The molecule has 2 amide bonds. The Morgan fingerprint density at radius 2 is 2.05 bits per heavy atom. The Hall–Kier alpha value is -1.26. The summed E-state index contributed by atoms with van der Waals surface area (Å²) < 4.78 is 0. The molecule has 0 aliphatic heterocycles. The zero-order valence-corrected chi connectivity index (χ0v) is 11.9. The third kappa shape index (κ3) is 6.45. The van der Waals surface area contributed by atoms with Crippen LogP contribution in [0.25, 0.3) is 0 Å². The first-order valence-electron chi connectivity index (χ1n) is 7.25. The maximum atomic E-state index is 11.7. The number of aliphatic carboxylic acids is 1. The topological polar surface area (TPSA) is 78.4 Å². The molecule has 5 nitrogen and oxygen atoms in total. The van der Waals surface area contributed by atoms with Gasteiger partial charge in [0.15, 0.2) is 0 Å². The van der Waals surface area contributed by atoms with E-state index in [1.807, 2.05) is 0 Å². The number of rotatable bonds is 6. The molecule has 0 saturated heterocycles. The molecule has 0 radical (unpaired) electrons. The summed E-state index contributed by atoms with van der Waals surface area (Å²) in [6, 6.07) is 0.0976. The van der Waals surface area contributed by atoms with Crippen molar-refractivity contribution in [3.05, 3.63) is 0 Å². The standard InChI is InChI=1S/C14H26N2O3/c1-10(2)11-5-3-6-12(9-11)16-14(19)15-8-4-7-13(17)18/h10-12H,3-9H2,1-2H3,(H,17,18)(H2,15,16,19). The number of amides is 2. The van der Waals surface area contributed by atoms with Gasteiger partial charge in [-0.2, -0.15) is 0 Å². The van der Waals surface area contributed by atoms with Crippen LogP contribution in [0.1, 0.15) is 52.4 Å². The Morgan fingerprint density at radius 3 is 2.68 bits per heavy atom. The third-order valence-electron chi connectivity index (χ3n) is 3.85. The summed E-state index contributed by atoms with van der Waals surface area (Å²) in [5.41, 5.74) is 0. The molecule has 0 bridgehead atoms. The lowest BCUT2D eigenvalue weighted by Gasteiger charge is -2.32. The van der Waals surface area contributed by atoms with Gasteiger partial charge in [0.25, 0.3) is 0 Å². The molecule has 5 heteroatoms. The SMILES string of the molecule is CC(C)C1CCCC(NC(=O)NCCCC(=O)O)C1. The monoisotopic (exact) mass is 270 g/mol. The number of hydrogen-bond acceptors (Lipinski definition) is 2. The third-order valence-corrected chi connectivity index (χ3v) is 3.85. The van der Waals surface area contributed by atoms with Crippen LogP contribution in [0.3, 0.4) is 0 Å². The van der Waals surface area contributed by atoms with Crippen molar-refractivity contribution in [3.63, 3.8) is 0 Å². The molecule has 0 aromatic heterocycles. The van der Waals surface area contributed by atoms with Crippen molar-refractivity contribution >= 4 is 12.0 Å². The summed E-state index contributed by atoms with van der Waals surface area (Å²) in [5.74, 6) is 0.545. The molecule has 0 spiro atoms. The fourth-order valence-electron chi connectivity index (χ4n) is 2.64. The fourth-order valence-corrected chi connectivity index (χ4v) is 2.64. The molecular weight excluding hydrogens is 244 g/mol. The van der Waals surface area contributed by atoms with Gasteiger partial charge in [0.05, 0.1) is 0 Å². The van der Waals surface area contributed by atoms with E-state index in [9.17, 15) is 9.59 Å². The van der Waals surface area contributed by atoms with Crippen LogP contribution >= 0.6 is 0 Å². The second kappa shape index (κ2) is 8.02. The summed E-state index contributed by atoms with van der Waals surface area (Å²) in [6.07, 6.45) is 5.11. The molecule has 0 aromatic carbocycles. The first-order valence-corrected chi connectivity index (χ1v) is 7.25. The predicted molar refractivity (Wildman–Crippen MR) is 74.0 cm³/mol. The van der Waals surface area contributed by atoms with Gasteiger partial charge in [0.2, 0.25) is 0 Å². The highest BCUT2D eigenvalue weighted by atomic mass is 16.4. The van der Waals surface area contributed by atoms with Crippen LogP contribution in [0.5, 0.6) is 0 Å². The van der Waals surface area contributed by atoms with Gasteiger partial charge in [-0.1, -0.05) is 26.7 Å². The average Bonchev–Trinajstić information content (AvgIpc) is 2.34.